The number of carboxylic acid groups (broad SMARTS) is 1. The van der Waals surface area contributed by atoms with Crippen molar-refractivity contribution in [3.63, 3.8) is 0 Å². The van der Waals surface area contributed by atoms with Crippen LogP contribution in [0.25, 0.3) is 0 Å². The van der Waals surface area contributed by atoms with Crippen molar-refractivity contribution in [3.8, 4) is 0 Å². The lowest BCUT2D eigenvalue weighted by Gasteiger charge is -2.26. The number of nitrogens with zero attached hydrogens (tertiary/aromatic N) is 2. The predicted octanol–water partition coefficient (Wildman–Crippen LogP) is 0.772. The number of carboxylic acids is 1. The Morgan fingerprint density at radius 1 is 1.67 bits per heavy atom. The molecule has 18 heavy (non-hydrogen) atoms. The standard InChI is InChI=1S/C11H14N2O4S/c14-9-3-4-13(8-2-1-5-17-6-8)11(12-9)18-7-10(15)16/h3-4,8H,1-2,5-7H2,(H,15,16). The molecular weight excluding hydrogens is 256 g/mol. The van der Waals surface area contributed by atoms with Crippen molar-refractivity contribution in [2.75, 3.05) is 19.0 Å². The molecule has 0 aliphatic carbocycles. The topological polar surface area (TPSA) is 81.4 Å². The van der Waals surface area contributed by atoms with Crippen molar-refractivity contribution < 1.29 is 14.6 Å². The van der Waals surface area contributed by atoms with Crippen LogP contribution in [0, 0.1) is 0 Å². The number of aromatic nitrogens is 2. The Kier molecular flexibility index (Phi) is 4.38. The van der Waals surface area contributed by atoms with E-state index >= 15 is 0 Å². The van der Waals surface area contributed by atoms with Crippen LogP contribution in [0.2, 0.25) is 0 Å². The van der Waals surface area contributed by atoms with Gasteiger partial charge in [0.2, 0.25) is 0 Å². The van der Waals surface area contributed by atoms with E-state index in [0.29, 0.717) is 11.8 Å². The van der Waals surface area contributed by atoms with Gasteiger partial charge >= 0.3 is 5.97 Å². The molecule has 2 heterocycles. The van der Waals surface area contributed by atoms with Gasteiger partial charge in [0, 0.05) is 18.9 Å². The van der Waals surface area contributed by atoms with Gasteiger partial charge in [0.05, 0.1) is 18.4 Å². The second kappa shape index (κ2) is 6.01. The van der Waals surface area contributed by atoms with E-state index in [1.807, 2.05) is 4.57 Å². The maximum Gasteiger partial charge on any atom is 0.313 e. The number of hydrogen-bond acceptors (Lipinski definition) is 5. The van der Waals surface area contributed by atoms with Gasteiger partial charge in [-0.3, -0.25) is 9.59 Å². The van der Waals surface area contributed by atoms with Crippen LogP contribution in [0.3, 0.4) is 0 Å². The molecule has 1 unspecified atom stereocenters. The minimum atomic E-state index is -0.926. The van der Waals surface area contributed by atoms with Crippen LogP contribution in [0.4, 0.5) is 0 Å². The molecular formula is C11H14N2O4S. The number of thioether (sulfide) groups is 1. The fourth-order valence-corrected chi connectivity index (χ4v) is 2.62. The summed E-state index contributed by atoms with van der Waals surface area (Å²) < 4.78 is 7.24. The van der Waals surface area contributed by atoms with Crippen LogP contribution < -0.4 is 5.56 Å². The average Bonchev–Trinajstić information content (AvgIpc) is 2.37. The highest BCUT2D eigenvalue weighted by molar-refractivity contribution is 7.99. The first kappa shape index (κ1) is 13.1. The molecule has 1 fully saturated rings. The minimum Gasteiger partial charge on any atom is -0.481 e. The first-order chi connectivity index (χ1) is 8.66. The summed E-state index contributed by atoms with van der Waals surface area (Å²) in [6, 6.07) is 1.52. The molecule has 6 nitrogen and oxygen atoms in total. The first-order valence-electron chi connectivity index (χ1n) is 5.68. The van der Waals surface area contributed by atoms with Crippen molar-refractivity contribution >= 4 is 17.7 Å². The smallest absolute Gasteiger partial charge is 0.313 e. The van der Waals surface area contributed by atoms with Crippen LogP contribution in [0.1, 0.15) is 18.9 Å². The van der Waals surface area contributed by atoms with Crippen LogP contribution in [0.15, 0.2) is 22.2 Å². The third-order valence-corrected chi connectivity index (χ3v) is 3.61. The van der Waals surface area contributed by atoms with Crippen molar-refractivity contribution in [3.05, 3.63) is 22.6 Å². The molecule has 1 aromatic heterocycles. The summed E-state index contributed by atoms with van der Waals surface area (Å²) in [7, 11) is 0. The number of hydrogen-bond donors (Lipinski definition) is 1. The molecule has 0 radical (unpaired) electrons. The Bertz CT molecular complexity index is 482. The molecule has 2 rings (SSSR count). The average molecular weight is 270 g/mol. The highest BCUT2D eigenvalue weighted by Gasteiger charge is 2.18. The van der Waals surface area contributed by atoms with Gasteiger partial charge in [-0.15, -0.1) is 0 Å². The van der Waals surface area contributed by atoms with Crippen molar-refractivity contribution in [2.24, 2.45) is 0 Å². The summed E-state index contributed by atoms with van der Waals surface area (Å²) in [5.74, 6) is -1.03. The third kappa shape index (κ3) is 3.33. The van der Waals surface area contributed by atoms with E-state index in [-0.39, 0.29) is 17.4 Å². The SMILES string of the molecule is O=C(O)CSc1nc(=O)ccn1C1CCCOC1. The summed E-state index contributed by atoms with van der Waals surface area (Å²) >= 11 is 1.06. The zero-order valence-corrected chi connectivity index (χ0v) is 10.6. The molecule has 1 N–H and O–H groups in total. The van der Waals surface area contributed by atoms with Gasteiger partial charge < -0.3 is 14.4 Å². The molecule has 0 saturated carbocycles. The van der Waals surface area contributed by atoms with Crippen LogP contribution >= 0.6 is 11.8 Å². The lowest BCUT2D eigenvalue weighted by atomic mass is 10.1. The molecule has 0 amide bonds. The van der Waals surface area contributed by atoms with Gasteiger partial charge in [-0.05, 0) is 12.8 Å². The lowest BCUT2D eigenvalue weighted by molar-refractivity contribution is -0.133. The quantitative estimate of drug-likeness (QED) is 0.643. The Hall–Kier alpha value is -1.34. The van der Waals surface area contributed by atoms with Crippen LogP contribution in [0.5, 0.6) is 0 Å². The van der Waals surface area contributed by atoms with Crippen LogP contribution in [-0.4, -0.2) is 39.6 Å². The fourth-order valence-electron chi connectivity index (χ4n) is 1.85. The molecule has 1 aromatic rings. The normalized spacial score (nSPS) is 19.7. The Morgan fingerprint density at radius 2 is 2.50 bits per heavy atom. The van der Waals surface area contributed by atoms with E-state index in [1.54, 1.807) is 6.20 Å². The number of ether oxygens (including phenoxy) is 1. The molecule has 7 heteroatoms. The molecule has 1 aliphatic rings. The molecule has 1 saturated heterocycles. The van der Waals surface area contributed by atoms with Crippen molar-refractivity contribution in [2.45, 2.75) is 24.0 Å². The molecule has 98 valence electrons. The van der Waals surface area contributed by atoms with Crippen LogP contribution in [-0.2, 0) is 9.53 Å². The minimum absolute atomic E-state index is 0.107. The number of rotatable bonds is 4. The molecule has 0 spiro atoms. The second-order valence-electron chi connectivity index (χ2n) is 4.01. The molecule has 0 bridgehead atoms. The Morgan fingerprint density at radius 3 is 3.17 bits per heavy atom. The maximum atomic E-state index is 11.3. The third-order valence-electron chi connectivity index (χ3n) is 2.66. The summed E-state index contributed by atoms with van der Waals surface area (Å²) in [6.07, 6.45) is 3.57. The molecule has 0 aromatic carbocycles. The molecule has 1 atom stereocenters. The number of carbonyl (C=O) groups is 1. The van der Waals surface area contributed by atoms with Gasteiger partial charge in [0.1, 0.15) is 0 Å². The van der Waals surface area contributed by atoms with Gasteiger partial charge in [0.25, 0.3) is 5.56 Å². The summed E-state index contributed by atoms with van der Waals surface area (Å²) in [6.45, 7) is 1.33. The summed E-state index contributed by atoms with van der Waals surface area (Å²) in [5.41, 5.74) is -0.351. The van der Waals surface area contributed by atoms with Gasteiger partial charge in [0.15, 0.2) is 5.16 Å². The van der Waals surface area contributed by atoms with E-state index in [1.165, 1.54) is 6.07 Å². The monoisotopic (exact) mass is 270 g/mol. The highest BCUT2D eigenvalue weighted by Crippen LogP contribution is 2.24. The zero-order chi connectivity index (χ0) is 13.0. The van der Waals surface area contributed by atoms with Gasteiger partial charge in [-0.25, -0.2) is 0 Å². The van der Waals surface area contributed by atoms with E-state index in [9.17, 15) is 9.59 Å². The van der Waals surface area contributed by atoms with E-state index < -0.39 is 5.97 Å². The Labute approximate surface area is 108 Å². The van der Waals surface area contributed by atoms with E-state index in [0.717, 1.165) is 31.2 Å². The summed E-state index contributed by atoms with van der Waals surface area (Å²) in [5, 5.41) is 9.13. The second-order valence-corrected chi connectivity index (χ2v) is 4.95. The highest BCUT2D eigenvalue weighted by atomic mass is 32.2. The lowest BCUT2D eigenvalue weighted by Crippen LogP contribution is -2.25. The van der Waals surface area contributed by atoms with Crippen molar-refractivity contribution in [1.82, 2.24) is 9.55 Å². The molecule has 1 aliphatic heterocycles. The maximum absolute atomic E-state index is 11.3. The largest absolute Gasteiger partial charge is 0.481 e. The Balaban J connectivity index is 2.21. The van der Waals surface area contributed by atoms with Crippen molar-refractivity contribution in [1.29, 1.82) is 0 Å². The number of aliphatic carboxylic acids is 1. The first-order valence-corrected chi connectivity index (χ1v) is 6.67. The van der Waals surface area contributed by atoms with Gasteiger partial charge in [-0.1, -0.05) is 11.8 Å². The van der Waals surface area contributed by atoms with E-state index in [4.69, 9.17) is 9.84 Å². The zero-order valence-electron chi connectivity index (χ0n) is 9.74. The fraction of sp³-hybridized carbons (Fsp3) is 0.545. The predicted molar refractivity (Wildman–Crippen MR) is 65.9 cm³/mol. The summed E-state index contributed by atoms with van der Waals surface area (Å²) in [4.78, 5) is 25.7. The van der Waals surface area contributed by atoms with Gasteiger partial charge in [-0.2, -0.15) is 4.98 Å². The van der Waals surface area contributed by atoms with E-state index in [2.05, 4.69) is 4.98 Å².